The summed E-state index contributed by atoms with van der Waals surface area (Å²) in [7, 11) is 2.22. The van der Waals surface area contributed by atoms with Gasteiger partial charge in [0.15, 0.2) is 0 Å². The van der Waals surface area contributed by atoms with E-state index in [9.17, 15) is 0 Å². The molecular weight excluding hydrogens is 338 g/mol. The molecule has 0 spiro atoms. The fraction of sp³-hybridized carbons (Fsp3) is 0.111. The molecule has 0 amide bonds. The minimum Gasteiger partial charge on any atom is -0.344 e. The summed E-state index contributed by atoms with van der Waals surface area (Å²) in [5, 5.41) is 2.94. The number of benzene rings is 4. The Morgan fingerprint density at radius 2 is 1.00 bits per heavy atom. The lowest BCUT2D eigenvalue weighted by atomic mass is 9.96. The molecule has 1 heterocycles. The largest absolute Gasteiger partial charge is 0.344 e. The number of aromatic nitrogens is 1. The summed E-state index contributed by atoms with van der Waals surface area (Å²) >= 11 is 0. The second kappa shape index (κ2) is 4.94. The lowest BCUT2D eigenvalue weighted by Crippen LogP contribution is -1.87. The molecule has 0 radical (unpaired) electrons. The van der Waals surface area contributed by atoms with Gasteiger partial charge in [0.25, 0.3) is 0 Å². The van der Waals surface area contributed by atoms with E-state index in [0.29, 0.717) is 0 Å². The summed E-state index contributed by atoms with van der Waals surface area (Å²) in [6, 6.07) is 27.1. The van der Waals surface area contributed by atoms with E-state index < -0.39 is 0 Å². The third-order valence-electron chi connectivity index (χ3n) is 6.90. The van der Waals surface area contributed by atoms with E-state index in [1.165, 1.54) is 66.3 Å². The molecule has 0 aliphatic heterocycles. The molecule has 0 saturated carbocycles. The maximum atomic E-state index is 2.39. The number of hydrogen-bond donors (Lipinski definition) is 0. The van der Waals surface area contributed by atoms with E-state index in [0.717, 1.165) is 12.8 Å². The monoisotopic (exact) mass is 357 g/mol. The van der Waals surface area contributed by atoms with Gasteiger partial charge in [0.05, 0.1) is 0 Å². The summed E-state index contributed by atoms with van der Waals surface area (Å²) in [5.74, 6) is 0. The Bertz CT molecular complexity index is 1350. The molecule has 1 nitrogen and oxygen atoms in total. The highest BCUT2D eigenvalue weighted by Crippen LogP contribution is 2.47. The molecule has 4 aromatic carbocycles. The van der Waals surface area contributed by atoms with Crippen LogP contribution in [-0.2, 0) is 19.9 Å². The van der Waals surface area contributed by atoms with Gasteiger partial charge in [-0.05, 0) is 69.5 Å². The Morgan fingerprint density at radius 3 is 1.50 bits per heavy atom. The smallest absolute Gasteiger partial charge is 0.0492 e. The van der Waals surface area contributed by atoms with Crippen LogP contribution in [0.3, 0.4) is 0 Å². The topological polar surface area (TPSA) is 4.93 Å². The minimum absolute atomic E-state index is 1.04. The highest BCUT2D eigenvalue weighted by atomic mass is 14.9. The average molecular weight is 357 g/mol. The zero-order valence-corrected chi connectivity index (χ0v) is 15.8. The second-order valence-electron chi connectivity index (χ2n) is 8.20. The SMILES string of the molecule is Cn1c2ccc3c(c2c2c4c(ccc21)-c1ccccc1C4)Cc1ccccc1-3. The Labute approximate surface area is 163 Å². The quantitative estimate of drug-likeness (QED) is 0.293. The normalized spacial score (nSPS) is 13.6. The van der Waals surface area contributed by atoms with Gasteiger partial charge >= 0.3 is 0 Å². The van der Waals surface area contributed by atoms with Gasteiger partial charge in [-0.25, -0.2) is 0 Å². The first-order chi connectivity index (χ1) is 13.8. The van der Waals surface area contributed by atoms with Crippen molar-refractivity contribution < 1.29 is 0 Å². The van der Waals surface area contributed by atoms with Crippen molar-refractivity contribution in [2.45, 2.75) is 12.8 Å². The number of rotatable bonds is 0. The Hall–Kier alpha value is -3.32. The number of aryl methyl sites for hydroxylation is 1. The highest BCUT2D eigenvalue weighted by molar-refractivity contribution is 6.16. The lowest BCUT2D eigenvalue weighted by molar-refractivity contribution is 1.01. The zero-order valence-electron chi connectivity index (χ0n) is 15.8. The summed E-state index contributed by atoms with van der Waals surface area (Å²) in [4.78, 5) is 0. The van der Waals surface area contributed by atoms with Crippen LogP contribution in [0.5, 0.6) is 0 Å². The molecule has 0 N–H and O–H groups in total. The predicted octanol–water partition coefficient (Wildman–Crippen LogP) is 6.47. The average Bonchev–Trinajstić information content (AvgIpc) is 3.38. The molecule has 1 aromatic heterocycles. The van der Waals surface area contributed by atoms with Gasteiger partial charge in [0.1, 0.15) is 0 Å². The lowest BCUT2D eigenvalue weighted by Gasteiger charge is -2.06. The minimum atomic E-state index is 1.04. The van der Waals surface area contributed by atoms with Crippen LogP contribution in [0.4, 0.5) is 0 Å². The third kappa shape index (κ3) is 1.64. The van der Waals surface area contributed by atoms with E-state index in [4.69, 9.17) is 0 Å². The van der Waals surface area contributed by atoms with Gasteiger partial charge in [0, 0.05) is 28.9 Å². The molecule has 0 atom stereocenters. The summed E-state index contributed by atoms with van der Waals surface area (Å²) in [5.41, 5.74) is 14.3. The van der Waals surface area contributed by atoms with Crippen molar-refractivity contribution in [1.82, 2.24) is 4.57 Å². The Morgan fingerprint density at radius 1 is 0.536 bits per heavy atom. The van der Waals surface area contributed by atoms with E-state index in [-0.39, 0.29) is 0 Å². The zero-order chi connectivity index (χ0) is 18.4. The van der Waals surface area contributed by atoms with Crippen molar-refractivity contribution in [1.29, 1.82) is 0 Å². The van der Waals surface area contributed by atoms with Crippen molar-refractivity contribution in [2.24, 2.45) is 7.05 Å². The van der Waals surface area contributed by atoms with Gasteiger partial charge in [-0.3, -0.25) is 0 Å². The first kappa shape index (κ1) is 14.7. The number of hydrogen-bond acceptors (Lipinski definition) is 0. The molecule has 1 heteroatoms. The summed E-state index contributed by atoms with van der Waals surface area (Å²) in [6.07, 6.45) is 2.08. The van der Waals surface area contributed by atoms with E-state index >= 15 is 0 Å². The highest BCUT2D eigenvalue weighted by Gasteiger charge is 2.27. The molecule has 2 aliphatic carbocycles. The summed E-state index contributed by atoms with van der Waals surface area (Å²) < 4.78 is 2.39. The molecule has 0 unspecified atom stereocenters. The Balaban J connectivity index is 1.64. The maximum absolute atomic E-state index is 2.39. The molecule has 7 rings (SSSR count). The third-order valence-corrected chi connectivity index (χ3v) is 6.90. The molecule has 0 saturated heterocycles. The van der Waals surface area contributed by atoms with Crippen LogP contribution in [0.15, 0.2) is 72.8 Å². The number of fused-ring (bicyclic) bond motifs is 11. The van der Waals surface area contributed by atoms with Gasteiger partial charge in [-0.15, -0.1) is 0 Å². The Kier molecular flexibility index (Phi) is 2.59. The molecule has 0 bridgehead atoms. The van der Waals surface area contributed by atoms with Crippen molar-refractivity contribution >= 4 is 21.8 Å². The van der Waals surface area contributed by atoms with Crippen molar-refractivity contribution in [3.05, 3.63) is 95.1 Å². The maximum Gasteiger partial charge on any atom is 0.0492 e. The molecule has 0 fully saturated rings. The van der Waals surface area contributed by atoms with Gasteiger partial charge in [-0.2, -0.15) is 0 Å². The van der Waals surface area contributed by atoms with Crippen LogP contribution in [0.1, 0.15) is 22.3 Å². The van der Waals surface area contributed by atoms with E-state index in [1.54, 1.807) is 0 Å². The standard InChI is InChI=1S/C27H19N/c1-28-24-12-10-20-18-8-4-2-6-16(18)14-22(20)26(24)27-23-15-17-7-3-5-9-19(17)21(23)11-13-25(27)28/h2-13H,14-15H2,1H3. The van der Waals surface area contributed by atoms with Crippen LogP contribution >= 0.6 is 0 Å². The van der Waals surface area contributed by atoms with Crippen molar-refractivity contribution in [3.8, 4) is 22.3 Å². The molecule has 132 valence electrons. The van der Waals surface area contributed by atoms with Crippen LogP contribution in [-0.4, -0.2) is 4.57 Å². The molecular formula is C27H19N. The van der Waals surface area contributed by atoms with E-state index in [1.807, 2.05) is 0 Å². The fourth-order valence-electron chi connectivity index (χ4n) is 5.64. The van der Waals surface area contributed by atoms with Gasteiger partial charge in [0.2, 0.25) is 0 Å². The number of nitrogens with zero attached hydrogens (tertiary/aromatic N) is 1. The molecule has 28 heavy (non-hydrogen) atoms. The van der Waals surface area contributed by atoms with Crippen molar-refractivity contribution in [2.75, 3.05) is 0 Å². The van der Waals surface area contributed by atoms with Crippen LogP contribution in [0.2, 0.25) is 0 Å². The molecule has 5 aromatic rings. The molecule has 2 aliphatic rings. The second-order valence-corrected chi connectivity index (χ2v) is 8.20. The predicted molar refractivity (Wildman–Crippen MR) is 117 cm³/mol. The fourth-order valence-corrected chi connectivity index (χ4v) is 5.64. The summed E-state index contributed by atoms with van der Waals surface area (Å²) in [6.45, 7) is 0. The first-order valence-electron chi connectivity index (χ1n) is 10.0. The van der Waals surface area contributed by atoms with Crippen LogP contribution in [0, 0.1) is 0 Å². The van der Waals surface area contributed by atoms with Gasteiger partial charge < -0.3 is 4.57 Å². The van der Waals surface area contributed by atoms with Crippen LogP contribution < -0.4 is 0 Å². The van der Waals surface area contributed by atoms with Gasteiger partial charge in [-0.1, -0.05) is 60.7 Å². The van der Waals surface area contributed by atoms with Crippen LogP contribution in [0.25, 0.3) is 44.1 Å². The first-order valence-corrected chi connectivity index (χ1v) is 10.0. The van der Waals surface area contributed by atoms with Crippen molar-refractivity contribution in [3.63, 3.8) is 0 Å². The van der Waals surface area contributed by atoms with E-state index in [2.05, 4.69) is 84.4 Å².